The van der Waals surface area contributed by atoms with E-state index in [9.17, 15) is 9.90 Å². The Bertz CT molecular complexity index is 697. The summed E-state index contributed by atoms with van der Waals surface area (Å²) in [7, 11) is 1.71. The van der Waals surface area contributed by atoms with Gasteiger partial charge in [-0.25, -0.2) is 0 Å². The Hall–Kier alpha value is -1.59. The molecule has 3 N–H and O–H groups in total. The lowest BCUT2D eigenvalue weighted by molar-refractivity contribution is 0.107. The predicted molar refractivity (Wildman–Crippen MR) is 87.7 cm³/mol. The summed E-state index contributed by atoms with van der Waals surface area (Å²) in [6, 6.07) is 2.11. The van der Waals surface area contributed by atoms with E-state index in [1.54, 1.807) is 19.4 Å². The molecule has 1 aliphatic rings. The van der Waals surface area contributed by atoms with Crippen LogP contribution in [0.2, 0.25) is 0 Å². The Balaban J connectivity index is 1.83. The topological polar surface area (TPSA) is 70.0 Å². The quantitative estimate of drug-likeness (QED) is 0.760. The molecule has 0 aliphatic heterocycles. The molecule has 2 heterocycles. The molecule has 1 fully saturated rings. The molecule has 0 bridgehead atoms. The van der Waals surface area contributed by atoms with E-state index in [1.807, 2.05) is 6.07 Å². The standard InChI is InChI=1S/C17H25N3O2/c1-11(12-6-4-3-5-7-12)19-16(21)14-10-20(2)17(22)15-13(14)8-9-18-15/h8-12,16,18-19,21H,3-7H2,1-2H3/t11-,16?/m1/s1. The monoisotopic (exact) mass is 303 g/mol. The minimum absolute atomic E-state index is 0.0729. The Morgan fingerprint density at radius 1 is 1.36 bits per heavy atom. The lowest BCUT2D eigenvalue weighted by Gasteiger charge is -2.30. The van der Waals surface area contributed by atoms with Gasteiger partial charge >= 0.3 is 0 Å². The zero-order chi connectivity index (χ0) is 15.7. The number of H-pyrrole nitrogens is 1. The Labute approximate surface area is 130 Å². The number of aliphatic hydroxyl groups excluding tert-OH is 1. The number of aryl methyl sites for hydroxylation is 1. The third-order valence-electron chi connectivity index (χ3n) is 5.00. The molecule has 1 saturated carbocycles. The third kappa shape index (κ3) is 2.83. The van der Waals surface area contributed by atoms with Crippen LogP contribution in [0.4, 0.5) is 0 Å². The first-order chi connectivity index (χ1) is 10.6. The molecule has 2 aromatic rings. The predicted octanol–water partition coefficient (Wildman–Crippen LogP) is 2.42. The average Bonchev–Trinajstić information content (AvgIpc) is 3.01. The van der Waals surface area contributed by atoms with Crippen LogP contribution >= 0.6 is 0 Å². The van der Waals surface area contributed by atoms with Gasteiger partial charge < -0.3 is 14.7 Å². The summed E-state index contributed by atoms with van der Waals surface area (Å²) in [4.78, 5) is 15.0. The number of nitrogens with zero attached hydrogens (tertiary/aromatic N) is 1. The number of aromatic amines is 1. The summed E-state index contributed by atoms with van der Waals surface area (Å²) in [5.41, 5.74) is 1.23. The highest BCUT2D eigenvalue weighted by Crippen LogP contribution is 2.28. The van der Waals surface area contributed by atoms with Crippen LogP contribution < -0.4 is 10.9 Å². The summed E-state index contributed by atoms with van der Waals surface area (Å²) in [5.74, 6) is 0.623. The molecule has 0 spiro atoms. The Morgan fingerprint density at radius 3 is 2.82 bits per heavy atom. The lowest BCUT2D eigenvalue weighted by atomic mass is 9.84. The molecule has 0 radical (unpaired) electrons. The van der Waals surface area contributed by atoms with Crippen molar-refractivity contribution in [3.63, 3.8) is 0 Å². The fourth-order valence-corrected chi connectivity index (χ4v) is 3.63. The van der Waals surface area contributed by atoms with Crippen molar-refractivity contribution in [3.05, 3.63) is 34.4 Å². The normalized spacial score (nSPS) is 19.4. The number of nitrogens with one attached hydrogen (secondary N) is 2. The molecule has 2 aromatic heterocycles. The molecule has 5 heteroatoms. The van der Waals surface area contributed by atoms with Crippen molar-refractivity contribution in [2.45, 2.75) is 51.3 Å². The van der Waals surface area contributed by atoms with Crippen LogP contribution in [0.5, 0.6) is 0 Å². The van der Waals surface area contributed by atoms with E-state index in [1.165, 1.54) is 36.7 Å². The molecule has 22 heavy (non-hydrogen) atoms. The summed E-state index contributed by atoms with van der Waals surface area (Å²) < 4.78 is 1.52. The van der Waals surface area contributed by atoms with Gasteiger partial charge in [-0.2, -0.15) is 0 Å². The van der Waals surface area contributed by atoms with Crippen molar-refractivity contribution in [1.82, 2.24) is 14.9 Å². The highest BCUT2D eigenvalue weighted by molar-refractivity contribution is 5.82. The first-order valence-corrected chi connectivity index (χ1v) is 8.18. The second-order valence-corrected chi connectivity index (χ2v) is 6.52. The van der Waals surface area contributed by atoms with E-state index in [4.69, 9.17) is 0 Å². The minimum Gasteiger partial charge on any atom is -0.374 e. The second-order valence-electron chi connectivity index (χ2n) is 6.52. The van der Waals surface area contributed by atoms with Gasteiger partial charge in [0, 0.05) is 36.4 Å². The van der Waals surface area contributed by atoms with Crippen molar-refractivity contribution in [2.24, 2.45) is 13.0 Å². The van der Waals surface area contributed by atoms with Gasteiger partial charge in [-0.3, -0.25) is 10.1 Å². The van der Waals surface area contributed by atoms with Crippen LogP contribution in [0.25, 0.3) is 10.9 Å². The molecule has 1 unspecified atom stereocenters. The number of pyridine rings is 1. The fourth-order valence-electron chi connectivity index (χ4n) is 3.63. The van der Waals surface area contributed by atoms with Gasteiger partial charge in [0.05, 0.1) is 0 Å². The van der Waals surface area contributed by atoms with E-state index >= 15 is 0 Å². The first kappa shape index (κ1) is 15.3. The number of fused-ring (bicyclic) bond motifs is 1. The molecular formula is C17H25N3O2. The number of aliphatic hydroxyl groups is 1. The van der Waals surface area contributed by atoms with E-state index in [2.05, 4.69) is 17.2 Å². The maximum Gasteiger partial charge on any atom is 0.274 e. The van der Waals surface area contributed by atoms with Crippen molar-refractivity contribution < 1.29 is 5.11 Å². The summed E-state index contributed by atoms with van der Waals surface area (Å²) in [6.07, 6.45) is 9.07. The van der Waals surface area contributed by atoms with Crippen molar-refractivity contribution in [2.75, 3.05) is 0 Å². The molecule has 0 aromatic carbocycles. The van der Waals surface area contributed by atoms with Gasteiger partial charge in [-0.1, -0.05) is 19.3 Å². The molecular weight excluding hydrogens is 278 g/mol. The van der Waals surface area contributed by atoms with Crippen LogP contribution in [-0.4, -0.2) is 20.7 Å². The number of aromatic nitrogens is 2. The zero-order valence-corrected chi connectivity index (χ0v) is 13.3. The summed E-state index contributed by atoms with van der Waals surface area (Å²) in [5, 5.41) is 14.7. The van der Waals surface area contributed by atoms with Gasteiger partial charge in [0.25, 0.3) is 5.56 Å². The van der Waals surface area contributed by atoms with Gasteiger partial charge in [0.15, 0.2) is 0 Å². The van der Waals surface area contributed by atoms with Gasteiger partial charge in [0.2, 0.25) is 0 Å². The molecule has 0 amide bonds. The van der Waals surface area contributed by atoms with Crippen LogP contribution in [0.1, 0.15) is 50.8 Å². The van der Waals surface area contributed by atoms with E-state index in [0.717, 1.165) is 10.9 Å². The molecule has 3 rings (SSSR count). The summed E-state index contributed by atoms with van der Waals surface area (Å²) in [6.45, 7) is 2.15. The molecule has 120 valence electrons. The van der Waals surface area contributed by atoms with Crippen molar-refractivity contribution in [1.29, 1.82) is 0 Å². The van der Waals surface area contributed by atoms with Gasteiger partial charge in [0.1, 0.15) is 11.7 Å². The average molecular weight is 303 g/mol. The number of rotatable bonds is 4. The van der Waals surface area contributed by atoms with Gasteiger partial charge in [-0.05, 0) is 31.7 Å². The second kappa shape index (κ2) is 6.26. The Morgan fingerprint density at radius 2 is 2.09 bits per heavy atom. The largest absolute Gasteiger partial charge is 0.374 e. The smallest absolute Gasteiger partial charge is 0.274 e. The maximum atomic E-state index is 12.1. The lowest BCUT2D eigenvalue weighted by Crippen LogP contribution is -2.37. The number of hydrogen-bond donors (Lipinski definition) is 3. The first-order valence-electron chi connectivity index (χ1n) is 8.18. The molecule has 1 aliphatic carbocycles. The maximum absolute atomic E-state index is 12.1. The number of hydrogen-bond acceptors (Lipinski definition) is 3. The van der Waals surface area contributed by atoms with E-state index in [0.29, 0.717) is 11.4 Å². The Kier molecular flexibility index (Phi) is 4.36. The van der Waals surface area contributed by atoms with Crippen LogP contribution in [0, 0.1) is 5.92 Å². The van der Waals surface area contributed by atoms with Crippen molar-refractivity contribution >= 4 is 10.9 Å². The minimum atomic E-state index is -0.762. The zero-order valence-electron chi connectivity index (χ0n) is 13.3. The third-order valence-corrected chi connectivity index (χ3v) is 5.00. The SMILES string of the molecule is C[C@@H](NC(O)c1cn(C)c(=O)c2[nH]ccc12)C1CCCCC1. The molecule has 5 nitrogen and oxygen atoms in total. The van der Waals surface area contributed by atoms with E-state index < -0.39 is 6.23 Å². The van der Waals surface area contributed by atoms with Gasteiger partial charge in [-0.15, -0.1) is 0 Å². The fraction of sp³-hybridized carbons (Fsp3) is 0.588. The van der Waals surface area contributed by atoms with Crippen LogP contribution in [0.3, 0.4) is 0 Å². The molecule has 2 atom stereocenters. The van der Waals surface area contributed by atoms with E-state index in [-0.39, 0.29) is 11.6 Å². The van der Waals surface area contributed by atoms with Crippen molar-refractivity contribution in [3.8, 4) is 0 Å². The highest BCUT2D eigenvalue weighted by atomic mass is 16.3. The summed E-state index contributed by atoms with van der Waals surface area (Å²) >= 11 is 0. The molecule has 0 saturated heterocycles. The van der Waals surface area contributed by atoms with Crippen LogP contribution in [-0.2, 0) is 7.05 Å². The van der Waals surface area contributed by atoms with Crippen LogP contribution in [0.15, 0.2) is 23.3 Å². The highest BCUT2D eigenvalue weighted by Gasteiger charge is 2.23.